The maximum atomic E-state index is 12.6. The van der Waals surface area contributed by atoms with Crippen molar-refractivity contribution in [1.82, 2.24) is 29.5 Å². The SMILES string of the molecule is CCN1CCN(C(=O)CCCSc2nnc3c4ccccc4n(Cc4ccc(C)cc4)c3n2)CC1. The van der Waals surface area contributed by atoms with Crippen molar-refractivity contribution in [1.29, 1.82) is 0 Å². The van der Waals surface area contributed by atoms with Crippen LogP contribution in [-0.2, 0) is 11.3 Å². The number of aromatic nitrogens is 4. The average Bonchev–Trinajstić information content (AvgIpc) is 3.20. The van der Waals surface area contributed by atoms with Crippen molar-refractivity contribution in [2.75, 3.05) is 38.5 Å². The number of aryl methyl sites for hydroxylation is 1. The van der Waals surface area contributed by atoms with E-state index < -0.39 is 0 Å². The summed E-state index contributed by atoms with van der Waals surface area (Å²) in [5.74, 6) is 1.06. The molecular formula is C27H32N6OS. The van der Waals surface area contributed by atoms with Gasteiger partial charge in [0.1, 0.15) is 5.52 Å². The Morgan fingerprint density at radius 2 is 1.77 bits per heavy atom. The van der Waals surface area contributed by atoms with E-state index >= 15 is 0 Å². The van der Waals surface area contributed by atoms with E-state index in [4.69, 9.17) is 4.98 Å². The minimum absolute atomic E-state index is 0.258. The first-order chi connectivity index (χ1) is 17.1. The van der Waals surface area contributed by atoms with Gasteiger partial charge in [-0.1, -0.05) is 66.7 Å². The molecule has 7 nitrogen and oxygen atoms in total. The minimum Gasteiger partial charge on any atom is -0.340 e. The molecule has 1 aliphatic heterocycles. The molecule has 182 valence electrons. The molecule has 0 radical (unpaired) electrons. The van der Waals surface area contributed by atoms with E-state index in [0.29, 0.717) is 11.6 Å². The molecule has 1 fully saturated rings. The zero-order valence-electron chi connectivity index (χ0n) is 20.5. The van der Waals surface area contributed by atoms with Gasteiger partial charge in [-0.2, -0.15) is 0 Å². The van der Waals surface area contributed by atoms with Crippen molar-refractivity contribution in [2.24, 2.45) is 0 Å². The number of nitrogens with zero attached hydrogens (tertiary/aromatic N) is 6. The lowest BCUT2D eigenvalue weighted by atomic mass is 10.1. The number of carbonyl (C=O) groups excluding carboxylic acids is 1. The van der Waals surface area contributed by atoms with Crippen LogP contribution in [0.3, 0.4) is 0 Å². The Hall–Kier alpha value is -2.97. The summed E-state index contributed by atoms with van der Waals surface area (Å²) < 4.78 is 2.23. The number of thioether (sulfide) groups is 1. The fourth-order valence-corrected chi connectivity index (χ4v) is 5.37. The maximum Gasteiger partial charge on any atom is 0.222 e. The van der Waals surface area contributed by atoms with Crippen LogP contribution in [0.1, 0.15) is 30.9 Å². The van der Waals surface area contributed by atoms with Crippen molar-refractivity contribution >= 4 is 39.7 Å². The van der Waals surface area contributed by atoms with Crippen LogP contribution in [-0.4, -0.2) is 73.9 Å². The molecule has 0 bridgehead atoms. The van der Waals surface area contributed by atoms with E-state index in [1.54, 1.807) is 11.8 Å². The van der Waals surface area contributed by atoms with Crippen molar-refractivity contribution in [3.63, 3.8) is 0 Å². The van der Waals surface area contributed by atoms with Crippen LogP contribution in [0.15, 0.2) is 53.7 Å². The number of piperazine rings is 1. The Morgan fingerprint density at radius 3 is 2.54 bits per heavy atom. The smallest absolute Gasteiger partial charge is 0.222 e. The molecule has 3 heterocycles. The van der Waals surface area contributed by atoms with Gasteiger partial charge in [0.2, 0.25) is 11.1 Å². The standard InChI is InChI=1S/C27H32N6OS/c1-3-31-14-16-32(17-15-31)24(34)9-6-18-35-27-28-26-25(29-30-27)22-7-4-5-8-23(22)33(26)19-21-12-10-20(2)11-13-21/h4-5,7-8,10-13H,3,6,9,14-19H2,1-2H3. The number of rotatable bonds is 8. The molecule has 8 heteroatoms. The van der Waals surface area contributed by atoms with Gasteiger partial charge in [-0.15, -0.1) is 10.2 Å². The Balaban J connectivity index is 1.27. The summed E-state index contributed by atoms with van der Waals surface area (Å²) in [7, 11) is 0. The van der Waals surface area contributed by atoms with Crippen LogP contribution in [0, 0.1) is 6.92 Å². The van der Waals surface area contributed by atoms with Crippen molar-refractivity contribution < 1.29 is 4.79 Å². The molecule has 0 aliphatic carbocycles. The van der Waals surface area contributed by atoms with Crippen LogP contribution in [0.4, 0.5) is 0 Å². The van der Waals surface area contributed by atoms with E-state index in [-0.39, 0.29) is 5.91 Å². The third-order valence-electron chi connectivity index (χ3n) is 6.75. The Labute approximate surface area is 210 Å². The molecule has 1 amide bonds. The number of hydrogen-bond donors (Lipinski definition) is 0. The number of benzene rings is 2. The van der Waals surface area contributed by atoms with Gasteiger partial charge in [0.05, 0.1) is 5.52 Å². The maximum absolute atomic E-state index is 12.6. The molecule has 0 atom stereocenters. The quantitative estimate of drug-likeness (QED) is 0.271. The van der Waals surface area contributed by atoms with Crippen molar-refractivity contribution in [3.05, 3.63) is 59.7 Å². The highest BCUT2D eigenvalue weighted by Crippen LogP contribution is 2.28. The molecule has 1 aliphatic rings. The summed E-state index contributed by atoms with van der Waals surface area (Å²) in [6, 6.07) is 16.9. The fourth-order valence-electron chi connectivity index (χ4n) is 4.64. The Kier molecular flexibility index (Phi) is 7.29. The summed E-state index contributed by atoms with van der Waals surface area (Å²) in [4.78, 5) is 21.9. The van der Waals surface area contributed by atoms with E-state index in [1.165, 1.54) is 11.1 Å². The van der Waals surface area contributed by atoms with Gasteiger partial charge in [-0.25, -0.2) is 4.98 Å². The summed E-state index contributed by atoms with van der Waals surface area (Å²) in [5.41, 5.74) is 5.28. The summed E-state index contributed by atoms with van der Waals surface area (Å²) in [6.45, 7) is 9.70. The highest BCUT2D eigenvalue weighted by atomic mass is 32.2. The third kappa shape index (κ3) is 5.33. The highest BCUT2D eigenvalue weighted by Gasteiger charge is 2.20. The van der Waals surface area contributed by atoms with Gasteiger partial charge < -0.3 is 14.4 Å². The zero-order valence-corrected chi connectivity index (χ0v) is 21.3. The normalized spacial score (nSPS) is 14.7. The topological polar surface area (TPSA) is 67.2 Å². The second kappa shape index (κ2) is 10.7. The van der Waals surface area contributed by atoms with Gasteiger partial charge in [-0.3, -0.25) is 4.79 Å². The first kappa shape index (κ1) is 23.8. The van der Waals surface area contributed by atoms with Crippen molar-refractivity contribution in [3.8, 4) is 0 Å². The van der Waals surface area contributed by atoms with Crippen LogP contribution >= 0.6 is 11.8 Å². The monoisotopic (exact) mass is 488 g/mol. The lowest BCUT2D eigenvalue weighted by Crippen LogP contribution is -2.48. The van der Waals surface area contributed by atoms with E-state index in [1.807, 2.05) is 11.0 Å². The number of carbonyl (C=O) groups is 1. The van der Waals surface area contributed by atoms with E-state index in [0.717, 1.165) is 73.5 Å². The lowest BCUT2D eigenvalue weighted by molar-refractivity contribution is -0.132. The zero-order chi connectivity index (χ0) is 24.2. The van der Waals surface area contributed by atoms with Crippen molar-refractivity contribution in [2.45, 2.75) is 38.4 Å². The van der Waals surface area contributed by atoms with Crippen LogP contribution in [0.25, 0.3) is 22.1 Å². The molecule has 0 saturated carbocycles. The molecule has 5 rings (SSSR count). The van der Waals surface area contributed by atoms with Gasteiger partial charge in [0.15, 0.2) is 5.65 Å². The van der Waals surface area contributed by atoms with Gasteiger partial charge in [-0.05, 0) is 31.5 Å². The number of para-hydroxylation sites is 1. The first-order valence-electron chi connectivity index (χ1n) is 12.4. The number of hydrogen-bond acceptors (Lipinski definition) is 6. The Morgan fingerprint density at radius 1 is 1.00 bits per heavy atom. The van der Waals surface area contributed by atoms with E-state index in [9.17, 15) is 4.79 Å². The fraction of sp³-hybridized carbons (Fsp3) is 0.407. The molecule has 1 saturated heterocycles. The van der Waals surface area contributed by atoms with Gasteiger partial charge in [0.25, 0.3) is 0 Å². The van der Waals surface area contributed by atoms with Gasteiger partial charge >= 0.3 is 0 Å². The molecule has 2 aromatic heterocycles. The number of fused-ring (bicyclic) bond motifs is 3. The predicted molar refractivity (Wildman–Crippen MR) is 142 cm³/mol. The molecule has 0 unspecified atom stereocenters. The Bertz CT molecular complexity index is 1310. The van der Waals surface area contributed by atoms with E-state index in [2.05, 4.69) is 76.0 Å². The van der Waals surface area contributed by atoms with Gasteiger partial charge in [0, 0.05) is 50.3 Å². The third-order valence-corrected chi connectivity index (χ3v) is 7.68. The van der Waals surface area contributed by atoms with Crippen LogP contribution in [0.5, 0.6) is 0 Å². The number of amides is 1. The van der Waals surface area contributed by atoms with Crippen LogP contribution in [0.2, 0.25) is 0 Å². The second-order valence-corrected chi connectivity index (χ2v) is 10.2. The second-order valence-electron chi connectivity index (χ2n) is 9.12. The first-order valence-corrected chi connectivity index (χ1v) is 13.4. The predicted octanol–water partition coefficient (Wildman–Crippen LogP) is 4.37. The molecular weight excluding hydrogens is 456 g/mol. The summed E-state index contributed by atoms with van der Waals surface area (Å²) >= 11 is 1.58. The lowest BCUT2D eigenvalue weighted by Gasteiger charge is -2.34. The molecule has 0 N–H and O–H groups in total. The summed E-state index contributed by atoms with van der Waals surface area (Å²) in [6.07, 6.45) is 1.38. The summed E-state index contributed by atoms with van der Waals surface area (Å²) in [5, 5.41) is 10.7. The minimum atomic E-state index is 0.258. The number of likely N-dealkylation sites (N-methyl/N-ethyl adjacent to an activating group) is 1. The average molecular weight is 489 g/mol. The highest BCUT2D eigenvalue weighted by molar-refractivity contribution is 7.99. The molecule has 2 aromatic carbocycles. The molecule has 4 aromatic rings. The molecule has 0 spiro atoms. The largest absolute Gasteiger partial charge is 0.340 e. The van der Waals surface area contributed by atoms with Crippen LogP contribution < -0.4 is 0 Å². The molecule has 35 heavy (non-hydrogen) atoms.